The Kier molecular flexibility index (Phi) is 4.57. The number of rotatable bonds is 4. The summed E-state index contributed by atoms with van der Waals surface area (Å²) in [7, 11) is 3.14. The topological polar surface area (TPSA) is 126 Å². The first-order valence-electron chi connectivity index (χ1n) is 9.18. The van der Waals surface area contributed by atoms with Crippen molar-refractivity contribution in [3.05, 3.63) is 51.8 Å². The molecule has 1 fully saturated rings. The number of hydrogen-bond donors (Lipinski definition) is 1. The van der Waals surface area contributed by atoms with E-state index in [9.17, 15) is 19.7 Å². The largest absolute Gasteiger partial charge is 0.358 e. The number of carbonyl (C=O) groups excluding carboxylic acids is 2. The van der Waals surface area contributed by atoms with Crippen molar-refractivity contribution in [1.82, 2.24) is 19.7 Å². The molecule has 1 aliphatic rings. The van der Waals surface area contributed by atoms with Crippen LogP contribution in [0.4, 0.5) is 22.0 Å². The maximum atomic E-state index is 12.7. The highest BCUT2D eigenvalue weighted by Gasteiger charge is 2.30. The normalized spacial score (nSPS) is 13.9. The van der Waals surface area contributed by atoms with Gasteiger partial charge in [-0.1, -0.05) is 17.2 Å². The van der Waals surface area contributed by atoms with Crippen LogP contribution in [0.2, 0.25) is 0 Å². The number of para-hydroxylation sites is 1. The predicted octanol–water partition coefficient (Wildman–Crippen LogP) is 2.31. The fraction of sp³-hybridized carbons (Fsp3) is 0.263. The molecule has 0 bridgehead atoms. The molecule has 1 saturated heterocycles. The molecular weight excluding hydrogens is 390 g/mol. The fourth-order valence-electron chi connectivity index (χ4n) is 3.62. The second kappa shape index (κ2) is 7.10. The monoisotopic (exact) mass is 409 g/mol. The van der Waals surface area contributed by atoms with Gasteiger partial charge in [-0.3, -0.25) is 14.7 Å². The standard InChI is InChI=1S/C19H19N7O4/c1-11-9-20-15-12(16(11)25-8-7-23(2)19(25)28)5-4-6-14(15)22-17(27)13-10-21-24(3)18(13)26(29)30/h4-6,9-10H,7-8H2,1-3H3,(H,22,27). The first-order valence-corrected chi connectivity index (χ1v) is 9.18. The van der Waals surface area contributed by atoms with Crippen LogP contribution in [0.5, 0.6) is 0 Å². The number of nitrogens with one attached hydrogen (secondary N) is 1. The molecule has 0 spiro atoms. The second-order valence-electron chi connectivity index (χ2n) is 7.06. The Hall–Kier alpha value is -4.02. The van der Waals surface area contributed by atoms with E-state index >= 15 is 0 Å². The van der Waals surface area contributed by atoms with Crippen LogP contribution in [0.3, 0.4) is 0 Å². The van der Waals surface area contributed by atoms with Crippen molar-refractivity contribution in [2.45, 2.75) is 6.92 Å². The molecule has 11 heteroatoms. The molecule has 1 aromatic carbocycles. The molecule has 1 N–H and O–H groups in total. The van der Waals surface area contributed by atoms with Gasteiger partial charge in [0.25, 0.3) is 5.91 Å². The van der Waals surface area contributed by atoms with Gasteiger partial charge in [-0.15, -0.1) is 4.68 Å². The summed E-state index contributed by atoms with van der Waals surface area (Å²) in [6, 6.07) is 5.13. The number of aryl methyl sites for hydroxylation is 2. The number of urea groups is 1. The molecule has 0 saturated carbocycles. The van der Waals surface area contributed by atoms with Crippen molar-refractivity contribution in [2.24, 2.45) is 7.05 Å². The molecule has 0 unspecified atom stereocenters. The number of fused-ring (bicyclic) bond motifs is 1. The van der Waals surface area contributed by atoms with E-state index in [1.54, 1.807) is 35.2 Å². The van der Waals surface area contributed by atoms with Crippen molar-refractivity contribution < 1.29 is 14.5 Å². The van der Waals surface area contributed by atoms with Crippen LogP contribution < -0.4 is 10.2 Å². The first kappa shape index (κ1) is 19.3. The van der Waals surface area contributed by atoms with E-state index in [2.05, 4.69) is 15.4 Å². The SMILES string of the molecule is Cc1cnc2c(NC(=O)c3cnn(C)c3[N+](=O)[O-])cccc2c1N1CCN(C)C1=O. The Balaban J connectivity index is 1.77. The minimum atomic E-state index is -0.664. The fourth-order valence-corrected chi connectivity index (χ4v) is 3.62. The van der Waals surface area contributed by atoms with Gasteiger partial charge < -0.3 is 20.3 Å². The third-order valence-electron chi connectivity index (χ3n) is 5.11. The van der Waals surface area contributed by atoms with E-state index < -0.39 is 16.6 Å². The summed E-state index contributed by atoms with van der Waals surface area (Å²) >= 11 is 0. The molecule has 3 amide bonds. The number of aromatic nitrogens is 3. The summed E-state index contributed by atoms with van der Waals surface area (Å²) in [4.78, 5) is 43.7. The van der Waals surface area contributed by atoms with Crippen molar-refractivity contribution in [3.8, 4) is 0 Å². The van der Waals surface area contributed by atoms with Gasteiger partial charge in [0.1, 0.15) is 7.05 Å². The second-order valence-corrected chi connectivity index (χ2v) is 7.06. The Bertz CT molecular complexity index is 1200. The maximum Gasteiger partial charge on any atom is 0.357 e. The number of benzene rings is 1. The molecule has 3 aromatic rings. The molecule has 0 aliphatic carbocycles. The molecule has 4 rings (SSSR count). The summed E-state index contributed by atoms with van der Waals surface area (Å²) in [5.41, 5.74) is 2.29. The number of anilines is 2. The van der Waals surface area contributed by atoms with E-state index in [0.29, 0.717) is 29.7 Å². The number of hydrogen-bond acceptors (Lipinski definition) is 6. The third-order valence-corrected chi connectivity index (χ3v) is 5.11. The van der Waals surface area contributed by atoms with Gasteiger partial charge in [-0.25, -0.2) is 4.79 Å². The number of likely N-dealkylation sites (N-methyl/N-ethyl adjacent to an activating group) is 1. The van der Waals surface area contributed by atoms with E-state index in [1.165, 1.54) is 7.05 Å². The predicted molar refractivity (Wildman–Crippen MR) is 110 cm³/mol. The van der Waals surface area contributed by atoms with Gasteiger partial charge in [0.05, 0.1) is 23.1 Å². The van der Waals surface area contributed by atoms with E-state index in [4.69, 9.17) is 0 Å². The molecule has 11 nitrogen and oxygen atoms in total. The summed E-state index contributed by atoms with van der Waals surface area (Å²) in [5, 5.41) is 18.5. The zero-order chi connectivity index (χ0) is 21.6. The van der Waals surface area contributed by atoms with Crippen LogP contribution in [0.25, 0.3) is 10.9 Å². The van der Waals surface area contributed by atoms with Crippen molar-refractivity contribution >= 4 is 40.0 Å². The highest BCUT2D eigenvalue weighted by atomic mass is 16.6. The lowest BCUT2D eigenvalue weighted by Crippen LogP contribution is -2.30. The Morgan fingerprint density at radius 3 is 2.67 bits per heavy atom. The van der Waals surface area contributed by atoms with Crippen LogP contribution in [-0.2, 0) is 7.05 Å². The molecule has 3 heterocycles. The van der Waals surface area contributed by atoms with E-state index in [0.717, 1.165) is 22.1 Å². The lowest BCUT2D eigenvalue weighted by Gasteiger charge is -2.21. The van der Waals surface area contributed by atoms with Gasteiger partial charge in [0.2, 0.25) is 0 Å². The van der Waals surface area contributed by atoms with Crippen molar-refractivity contribution in [3.63, 3.8) is 0 Å². The minimum absolute atomic E-state index is 0.106. The lowest BCUT2D eigenvalue weighted by molar-refractivity contribution is -0.392. The first-order chi connectivity index (χ1) is 14.3. The molecule has 154 valence electrons. The Labute approximate surface area is 171 Å². The van der Waals surface area contributed by atoms with Crippen LogP contribution in [0.1, 0.15) is 15.9 Å². The molecule has 30 heavy (non-hydrogen) atoms. The molecule has 1 aliphatic heterocycles. The van der Waals surface area contributed by atoms with Crippen molar-refractivity contribution in [1.29, 1.82) is 0 Å². The maximum absolute atomic E-state index is 12.7. The summed E-state index contributed by atoms with van der Waals surface area (Å²) < 4.78 is 1.03. The van der Waals surface area contributed by atoms with Gasteiger partial charge in [0.15, 0.2) is 5.56 Å². The van der Waals surface area contributed by atoms with E-state index in [-0.39, 0.29) is 11.6 Å². The van der Waals surface area contributed by atoms with Crippen LogP contribution in [0.15, 0.2) is 30.6 Å². The highest BCUT2D eigenvalue weighted by Crippen LogP contribution is 2.34. The Morgan fingerprint density at radius 2 is 2.00 bits per heavy atom. The smallest absolute Gasteiger partial charge is 0.357 e. The zero-order valence-electron chi connectivity index (χ0n) is 16.6. The van der Waals surface area contributed by atoms with Gasteiger partial charge in [-0.2, -0.15) is 0 Å². The highest BCUT2D eigenvalue weighted by molar-refractivity contribution is 6.12. The third kappa shape index (κ3) is 3.00. The zero-order valence-corrected chi connectivity index (χ0v) is 16.6. The van der Waals surface area contributed by atoms with Crippen molar-refractivity contribution in [2.75, 3.05) is 30.4 Å². The van der Waals surface area contributed by atoms with Crippen LogP contribution in [0, 0.1) is 17.0 Å². The van der Waals surface area contributed by atoms with Gasteiger partial charge in [0, 0.05) is 31.7 Å². The molecule has 2 aromatic heterocycles. The average molecular weight is 409 g/mol. The number of carbonyl (C=O) groups is 2. The number of nitrogens with zero attached hydrogens (tertiary/aromatic N) is 6. The summed E-state index contributed by atoms with van der Waals surface area (Å²) in [5.74, 6) is -1.06. The number of amides is 3. The average Bonchev–Trinajstić information content (AvgIpc) is 3.25. The molecule has 0 atom stereocenters. The molecular formula is C19H19N7O4. The quantitative estimate of drug-likeness (QED) is 0.520. The number of nitro groups is 1. The lowest BCUT2D eigenvalue weighted by atomic mass is 10.1. The van der Waals surface area contributed by atoms with Crippen LogP contribution >= 0.6 is 0 Å². The minimum Gasteiger partial charge on any atom is -0.358 e. The summed E-state index contributed by atoms with van der Waals surface area (Å²) in [6.07, 6.45) is 2.80. The van der Waals surface area contributed by atoms with E-state index in [1.807, 2.05) is 13.0 Å². The van der Waals surface area contributed by atoms with Crippen LogP contribution in [-0.4, -0.2) is 56.7 Å². The number of pyridine rings is 1. The summed E-state index contributed by atoms with van der Waals surface area (Å²) in [6.45, 7) is 3.04. The van der Waals surface area contributed by atoms with Gasteiger partial charge in [-0.05, 0) is 23.5 Å². The Morgan fingerprint density at radius 1 is 1.23 bits per heavy atom. The van der Waals surface area contributed by atoms with Gasteiger partial charge >= 0.3 is 11.8 Å². The molecule has 0 radical (unpaired) electrons.